The predicted molar refractivity (Wildman–Crippen MR) is 66.2 cm³/mol. The van der Waals surface area contributed by atoms with Crippen molar-refractivity contribution in [3.63, 3.8) is 0 Å². The second kappa shape index (κ2) is 7.04. The predicted octanol–water partition coefficient (Wildman–Crippen LogP) is 1.85. The number of carbonyl (C=O) groups is 1. The SMILES string of the molecule is COCCCN(C)Cc1cccc(C(=O)O)c1. The Labute approximate surface area is 102 Å². The van der Waals surface area contributed by atoms with Crippen LogP contribution in [-0.2, 0) is 11.3 Å². The fourth-order valence-corrected chi connectivity index (χ4v) is 1.67. The molecule has 0 spiro atoms. The molecule has 0 aliphatic carbocycles. The van der Waals surface area contributed by atoms with Crippen LogP contribution in [0.2, 0.25) is 0 Å². The monoisotopic (exact) mass is 237 g/mol. The summed E-state index contributed by atoms with van der Waals surface area (Å²) in [5.74, 6) is -0.881. The van der Waals surface area contributed by atoms with Crippen molar-refractivity contribution in [2.75, 3.05) is 27.3 Å². The van der Waals surface area contributed by atoms with E-state index in [1.807, 2.05) is 13.1 Å². The molecule has 0 radical (unpaired) electrons. The summed E-state index contributed by atoms with van der Waals surface area (Å²) >= 11 is 0. The maximum absolute atomic E-state index is 10.8. The first-order chi connectivity index (χ1) is 8.13. The van der Waals surface area contributed by atoms with Gasteiger partial charge in [-0.3, -0.25) is 0 Å². The van der Waals surface area contributed by atoms with E-state index in [1.54, 1.807) is 25.3 Å². The van der Waals surface area contributed by atoms with Crippen molar-refractivity contribution < 1.29 is 14.6 Å². The first-order valence-corrected chi connectivity index (χ1v) is 5.63. The highest BCUT2D eigenvalue weighted by Gasteiger charge is 2.05. The molecule has 0 aliphatic rings. The van der Waals surface area contributed by atoms with Crippen LogP contribution in [0.5, 0.6) is 0 Å². The summed E-state index contributed by atoms with van der Waals surface area (Å²) in [5.41, 5.74) is 1.36. The fourth-order valence-electron chi connectivity index (χ4n) is 1.67. The van der Waals surface area contributed by atoms with E-state index in [0.717, 1.165) is 31.7 Å². The van der Waals surface area contributed by atoms with Crippen molar-refractivity contribution >= 4 is 5.97 Å². The minimum Gasteiger partial charge on any atom is -0.478 e. The minimum absolute atomic E-state index is 0.341. The molecular weight excluding hydrogens is 218 g/mol. The standard InChI is InChI=1S/C13H19NO3/c1-14(7-4-8-17-2)10-11-5-3-6-12(9-11)13(15)16/h3,5-6,9H,4,7-8,10H2,1-2H3,(H,15,16). The Hall–Kier alpha value is -1.39. The van der Waals surface area contributed by atoms with Crippen molar-refractivity contribution in [1.29, 1.82) is 0 Å². The van der Waals surface area contributed by atoms with Crippen LogP contribution in [0.15, 0.2) is 24.3 Å². The number of rotatable bonds is 7. The fraction of sp³-hybridized carbons (Fsp3) is 0.462. The van der Waals surface area contributed by atoms with Crippen LogP contribution in [0.1, 0.15) is 22.3 Å². The van der Waals surface area contributed by atoms with Gasteiger partial charge in [-0.15, -0.1) is 0 Å². The van der Waals surface area contributed by atoms with E-state index in [1.165, 1.54) is 0 Å². The summed E-state index contributed by atoms with van der Waals surface area (Å²) < 4.78 is 4.99. The first kappa shape index (κ1) is 13.7. The maximum atomic E-state index is 10.8. The van der Waals surface area contributed by atoms with Gasteiger partial charge in [0.15, 0.2) is 0 Å². The molecule has 1 rings (SSSR count). The summed E-state index contributed by atoms with van der Waals surface area (Å²) in [5, 5.41) is 8.89. The van der Waals surface area contributed by atoms with Crippen molar-refractivity contribution in [2.45, 2.75) is 13.0 Å². The molecule has 4 nitrogen and oxygen atoms in total. The Morgan fingerprint density at radius 3 is 2.88 bits per heavy atom. The number of carboxylic acid groups (broad SMARTS) is 1. The van der Waals surface area contributed by atoms with Gasteiger partial charge in [-0.1, -0.05) is 12.1 Å². The van der Waals surface area contributed by atoms with Gasteiger partial charge < -0.3 is 14.7 Å². The molecule has 0 unspecified atom stereocenters. The molecule has 0 saturated heterocycles. The number of hydrogen-bond donors (Lipinski definition) is 1. The number of benzene rings is 1. The van der Waals surface area contributed by atoms with Crippen LogP contribution < -0.4 is 0 Å². The normalized spacial score (nSPS) is 10.8. The Bertz CT molecular complexity index is 365. The summed E-state index contributed by atoms with van der Waals surface area (Å²) in [6.07, 6.45) is 0.978. The molecular formula is C13H19NO3. The molecule has 0 bridgehead atoms. The molecule has 0 fully saturated rings. The number of aromatic carboxylic acids is 1. The van der Waals surface area contributed by atoms with E-state index in [4.69, 9.17) is 9.84 Å². The largest absolute Gasteiger partial charge is 0.478 e. The van der Waals surface area contributed by atoms with E-state index in [-0.39, 0.29) is 0 Å². The van der Waals surface area contributed by atoms with E-state index in [0.29, 0.717) is 5.56 Å². The van der Waals surface area contributed by atoms with Crippen molar-refractivity contribution in [3.05, 3.63) is 35.4 Å². The van der Waals surface area contributed by atoms with Gasteiger partial charge in [-0.05, 0) is 31.2 Å². The number of hydrogen-bond acceptors (Lipinski definition) is 3. The summed E-state index contributed by atoms with van der Waals surface area (Å²) in [4.78, 5) is 13.0. The third-order valence-corrected chi connectivity index (χ3v) is 2.51. The van der Waals surface area contributed by atoms with Crippen LogP contribution >= 0.6 is 0 Å². The molecule has 94 valence electrons. The van der Waals surface area contributed by atoms with Gasteiger partial charge in [-0.2, -0.15) is 0 Å². The van der Waals surface area contributed by atoms with Gasteiger partial charge in [-0.25, -0.2) is 4.79 Å². The van der Waals surface area contributed by atoms with Crippen molar-refractivity contribution in [1.82, 2.24) is 4.90 Å². The van der Waals surface area contributed by atoms with Crippen LogP contribution in [0.25, 0.3) is 0 Å². The van der Waals surface area contributed by atoms with Gasteiger partial charge >= 0.3 is 5.97 Å². The Kier molecular flexibility index (Phi) is 5.66. The number of carboxylic acids is 1. The van der Waals surface area contributed by atoms with Crippen LogP contribution in [0.4, 0.5) is 0 Å². The molecule has 4 heteroatoms. The highest BCUT2D eigenvalue weighted by molar-refractivity contribution is 5.87. The first-order valence-electron chi connectivity index (χ1n) is 5.63. The second-order valence-corrected chi connectivity index (χ2v) is 4.09. The molecule has 0 aromatic heterocycles. The third kappa shape index (κ3) is 4.97. The average molecular weight is 237 g/mol. The summed E-state index contributed by atoms with van der Waals surface area (Å²) in [6.45, 7) is 2.44. The molecule has 0 aliphatic heterocycles. The molecule has 0 atom stereocenters. The molecule has 0 saturated carbocycles. The van der Waals surface area contributed by atoms with E-state index < -0.39 is 5.97 Å². The zero-order valence-electron chi connectivity index (χ0n) is 10.3. The molecule has 1 aromatic carbocycles. The maximum Gasteiger partial charge on any atom is 0.335 e. The molecule has 1 N–H and O–H groups in total. The molecule has 0 heterocycles. The van der Waals surface area contributed by atoms with Crippen LogP contribution in [0, 0.1) is 0 Å². The highest BCUT2D eigenvalue weighted by atomic mass is 16.5. The lowest BCUT2D eigenvalue weighted by Crippen LogP contribution is -2.20. The molecule has 1 aromatic rings. The van der Waals surface area contributed by atoms with Crippen molar-refractivity contribution in [2.24, 2.45) is 0 Å². The van der Waals surface area contributed by atoms with E-state index >= 15 is 0 Å². The number of methoxy groups -OCH3 is 1. The van der Waals surface area contributed by atoms with Crippen molar-refractivity contribution in [3.8, 4) is 0 Å². The molecule has 17 heavy (non-hydrogen) atoms. The van der Waals surface area contributed by atoms with Gasteiger partial charge in [0.2, 0.25) is 0 Å². The average Bonchev–Trinajstić information content (AvgIpc) is 2.29. The smallest absolute Gasteiger partial charge is 0.335 e. The lowest BCUT2D eigenvalue weighted by molar-refractivity contribution is 0.0696. The Balaban J connectivity index is 2.50. The van der Waals surface area contributed by atoms with Crippen LogP contribution in [0.3, 0.4) is 0 Å². The second-order valence-electron chi connectivity index (χ2n) is 4.09. The van der Waals surface area contributed by atoms with Gasteiger partial charge in [0.1, 0.15) is 0 Å². The lowest BCUT2D eigenvalue weighted by Gasteiger charge is -2.16. The van der Waals surface area contributed by atoms with E-state index in [9.17, 15) is 4.79 Å². The highest BCUT2D eigenvalue weighted by Crippen LogP contribution is 2.08. The van der Waals surface area contributed by atoms with Gasteiger partial charge in [0, 0.05) is 26.8 Å². The van der Waals surface area contributed by atoms with Crippen LogP contribution in [-0.4, -0.2) is 43.3 Å². The molecule has 0 amide bonds. The van der Waals surface area contributed by atoms with E-state index in [2.05, 4.69) is 4.90 Å². The van der Waals surface area contributed by atoms with Gasteiger partial charge in [0.25, 0.3) is 0 Å². The number of nitrogens with zero attached hydrogens (tertiary/aromatic N) is 1. The zero-order chi connectivity index (χ0) is 12.7. The summed E-state index contributed by atoms with van der Waals surface area (Å²) in [7, 11) is 3.71. The Morgan fingerprint density at radius 2 is 2.24 bits per heavy atom. The minimum atomic E-state index is -0.881. The lowest BCUT2D eigenvalue weighted by atomic mass is 10.1. The quantitative estimate of drug-likeness (QED) is 0.735. The zero-order valence-corrected chi connectivity index (χ0v) is 10.3. The topological polar surface area (TPSA) is 49.8 Å². The number of ether oxygens (including phenoxy) is 1. The summed E-state index contributed by atoms with van der Waals surface area (Å²) in [6, 6.07) is 7.05. The third-order valence-electron chi connectivity index (χ3n) is 2.51. The Morgan fingerprint density at radius 1 is 1.47 bits per heavy atom. The van der Waals surface area contributed by atoms with Gasteiger partial charge in [0.05, 0.1) is 5.56 Å².